The number of likely N-dealkylation sites (N-methyl/N-ethyl adjacent to an activating group) is 1. The van der Waals surface area contributed by atoms with Gasteiger partial charge >= 0.3 is 6.03 Å². The molecule has 0 saturated carbocycles. The molecule has 1 N–H and O–H groups in total. The maximum absolute atomic E-state index is 12.2. The molecule has 0 fully saturated rings. The average molecular weight is 366 g/mol. The van der Waals surface area contributed by atoms with E-state index in [2.05, 4.69) is 10.4 Å². The van der Waals surface area contributed by atoms with E-state index in [-0.39, 0.29) is 11.9 Å². The largest absolute Gasteiger partial charge is 0.383 e. The minimum absolute atomic E-state index is 0.00796. The Morgan fingerprint density at radius 1 is 1.31 bits per heavy atom. The number of ether oxygens (including phenoxy) is 1. The zero-order chi connectivity index (χ0) is 19.1. The monoisotopic (exact) mass is 366 g/mol. The van der Waals surface area contributed by atoms with Crippen molar-refractivity contribution in [2.75, 3.05) is 54.5 Å². The van der Waals surface area contributed by atoms with Gasteiger partial charge in [0.05, 0.1) is 37.6 Å². The van der Waals surface area contributed by atoms with Gasteiger partial charge < -0.3 is 19.9 Å². The first kappa shape index (κ1) is 20.2. The fraction of sp³-hybridized carbons (Fsp3) is 0.706. The summed E-state index contributed by atoms with van der Waals surface area (Å²) in [6.07, 6.45) is 0.865. The molecule has 9 heteroatoms. The van der Waals surface area contributed by atoms with Crippen LogP contribution in [0.4, 0.5) is 4.79 Å². The van der Waals surface area contributed by atoms with Crippen molar-refractivity contribution < 1.29 is 14.3 Å². The Morgan fingerprint density at radius 2 is 2.08 bits per heavy atom. The highest BCUT2D eigenvalue weighted by Crippen LogP contribution is 2.15. The van der Waals surface area contributed by atoms with Crippen LogP contribution in [0.1, 0.15) is 17.8 Å². The maximum Gasteiger partial charge on any atom is 0.319 e. The molecule has 0 spiro atoms. The molecule has 9 nitrogen and oxygen atoms in total. The molecule has 3 amide bonds. The summed E-state index contributed by atoms with van der Waals surface area (Å²) >= 11 is 0. The number of hydrogen-bond donors (Lipinski definition) is 1. The van der Waals surface area contributed by atoms with Gasteiger partial charge in [-0.05, 0) is 19.5 Å². The summed E-state index contributed by atoms with van der Waals surface area (Å²) in [5.41, 5.74) is 1.81. The molecule has 1 aliphatic rings. The lowest BCUT2D eigenvalue weighted by Gasteiger charge is -2.23. The molecule has 0 aliphatic carbocycles. The Balaban J connectivity index is 1.88. The van der Waals surface area contributed by atoms with Crippen LogP contribution >= 0.6 is 0 Å². The Labute approximate surface area is 154 Å². The summed E-state index contributed by atoms with van der Waals surface area (Å²) in [4.78, 5) is 29.6. The highest BCUT2D eigenvalue weighted by molar-refractivity contribution is 5.77. The van der Waals surface area contributed by atoms with Crippen LogP contribution in [0, 0.1) is 0 Å². The smallest absolute Gasteiger partial charge is 0.319 e. The molecule has 0 saturated heterocycles. The highest BCUT2D eigenvalue weighted by Gasteiger charge is 2.21. The highest BCUT2D eigenvalue weighted by atomic mass is 16.5. The topological polar surface area (TPSA) is 82.9 Å². The van der Waals surface area contributed by atoms with Crippen molar-refractivity contribution in [1.82, 2.24) is 29.8 Å². The number of carbonyl (C=O) groups is 2. The Morgan fingerprint density at radius 3 is 2.77 bits per heavy atom. The van der Waals surface area contributed by atoms with Crippen molar-refractivity contribution >= 4 is 11.9 Å². The van der Waals surface area contributed by atoms with Gasteiger partial charge in [-0.2, -0.15) is 5.10 Å². The SMILES string of the molecule is COCCN(C)CC(=O)NCc1cc2n(n1)CCCN(C(=O)N(C)C)C2. The molecule has 146 valence electrons. The lowest BCUT2D eigenvalue weighted by Crippen LogP contribution is -2.38. The summed E-state index contributed by atoms with van der Waals surface area (Å²) in [5.74, 6) is -0.0452. The summed E-state index contributed by atoms with van der Waals surface area (Å²) in [6, 6.07) is 1.98. The molecular formula is C17H30N6O3. The second kappa shape index (κ2) is 9.54. The molecule has 2 heterocycles. The van der Waals surface area contributed by atoms with Crippen LogP contribution in [0.5, 0.6) is 0 Å². The fourth-order valence-corrected chi connectivity index (χ4v) is 2.87. The second-order valence-electron chi connectivity index (χ2n) is 6.81. The van der Waals surface area contributed by atoms with E-state index < -0.39 is 0 Å². The van der Waals surface area contributed by atoms with E-state index in [9.17, 15) is 9.59 Å². The average Bonchev–Trinajstić information content (AvgIpc) is 2.87. The number of amides is 3. The van der Waals surface area contributed by atoms with Crippen molar-refractivity contribution in [3.63, 3.8) is 0 Å². The van der Waals surface area contributed by atoms with Gasteiger partial charge in [0.25, 0.3) is 0 Å². The zero-order valence-electron chi connectivity index (χ0n) is 16.2. The van der Waals surface area contributed by atoms with Crippen molar-refractivity contribution in [3.05, 3.63) is 17.5 Å². The van der Waals surface area contributed by atoms with Crippen LogP contribution in [0.3, 0.4) is 0 Å². The van der Waals surface area contributed by atoms with Gasteiger partial charge in [-0.25, -0.2) is 4.79 Å². The van der Waals surface area contributed by atoms with E-state index in [1.54, 1.807) is 26.1 Å². The van der Waals surface area contributed by atoms with Crippen molar-refractivity contribution in [1.29, 1.82) is 0 Å². The normalized spacial score (nSPS) is 14.1. The van der Waals surface area contributed by atoms with E-state index in [0.717, 1.165) is 30.9 Å². The zero-order valence-corrected chi connectivity index (χ0v) is 16.2. The van der Waals surface area contributed by atoms with Gasteiger partial charge in [-0.3, -0.25) is 14.4 Å². The summed E-state index contributed by atoms with van der Waals surface area (Å²) < 4.78 is 6.94. The Hall–Kier alpha value is -2.13. The van der Waals surface area contributed by atoms with Gasteiger partial charge in [0.1, 0.15) is 0 Å². The first-order valence-corrected chi connectivity index (χ1v) is 8.86. The molecule has 26 heavy (non-hydrogen) atoms. The van der Waals surface area contributed by atoms with Crippen LogP contribution in [-0.2, 0) is 29.2 Å². The van der Waals surface area contributed by atoms with Gasteiger partial charge in [0.15, 0.2) is 0 Å². The number of carbonyl (C=O) groups excluding carboxylic acids is 2. The predicted octanol–water partition coefficient (Wildman–Crippen LogP) is -0.0352. The van der Waals surface area contributed by atoms with Crippen LogP contribution < -0.4 is 5.32 Å². The maximum atomic E-state index is 12.2. The molecule has 2 rings (SSSR count). The second-order valence-corrected chi connectivity index (χ2v) is 6.81. The Bertz CT molecular complexity index is 616. The number of nitrogens with one attached hydrogen (secondary N) is 1. The lowest BCUT2D eigenvalue weighted by molar-refractivity contribution is -0.122. The van der Waals surface area contributed by atoms with E-state index in [1.165, 1.54) is 0 Å². The number of fused-ring (bicyclic) bond motifs is 1. The molecule has 1 aliphatic heterocycles. The number of urea groups is 1. The number of aryl methyl sites for hydroxylation is 1. The van der Waals surface area contributed by atoms with Crippen LogP contribution in [0.2, 0.25) is 0 Å². The quantitative estimate of drug-likeness (QED) is 0.732. The minimum atomic E-state index is -0.0452. The van der Waals surface area contributed by atoms with Crippen LogP contribution in [-0.4, -0.2) is 90.9 Å². The van der Waals surface area contributed by atoms with Crippen molar-refractivity contribution in [2.24, 2.45) is 0 Å². The standard InChI is InChI=1S/C17H30N6O3/c1-20(2)17(25)22-6-5-7-23-15(12-22)10-14(19-23)11-18-16(24)13-21(3)8-9-26-4/h10H,5-9,11-13H2,1-4H3,(H,18,24). The third-order valence-electron chi connectivity index (χ3n) is 4.28. The number of hydrogen-bond acceptors (Lipinski definition) is 5. The lowest BCUT2D eigenvalue weighted by atomic mass is 10.3. The van der Waals surface area contributed by atoms with E-state index in [4.69, 9.17) is 4.74 Å². The summed E-state index contributed by atoms with van der Waals surface area (Å²) in [7, 11) is 7.04. The van der Waals surface area contributed by atoms with Gasteiger partial charge in [0, 0.05) is 40.8 Å². The third kappa shape index (κ3) is 5.70. The van der Waals surface area contributed by atoms with E-state index in [0.29, 0.717) is 32.8 Å². The molecule has 1 aromatic rings. The first-order chi connectivity index (χ1) is 12.4. The minimum Gasteiger partial charge on any atom is -0.383 e. The Kier molecular flexibility index (Phi) is 7.40. The molecule has 0 atom stereocenters. The number of rotatable bonds is 7. The molecule has 0 aromatic carbocycles. The van der Waals surface area contributed by atoms with Gasteiger partial charge in [0.2, 0.25) is 5.91 Å². The fourth-order valence-electron chi connectivity index (χ4n) is 2.87. The molecule has 1 aromatic heterocycles. The predicted molar refractivity (Wildman–Crippen MR) is 97.6 cm³/mol. The van der Waals surface area contributed by atoms with Crippen LogP contribution in [0.15, 0.2) is 6.07 Å². The summed E-state index contributed by atoms with van der Waals surface area (Å²) in [6.45, 7) is 4.05. The molecular weight excluding hydrogens is 336 g/mol. The summed E-state index contributed by atoms with van der Waals surface area (Å²) in [5, 5.41) is 7.46. The third-order valence-corrected chi connectivity index (χ3v) is 4.28. The van der Waals surface area contributed by atoms with Gasteiger partial charge in [-0.15, -0.1) is 0 Å². The van der Waals surface area contributed by atoms with E-state index in [1.807, 2.05) is 27.6 Å². The van der Waals surface area contributed by atoms with Crippen LogP contribution in [0.25, 0.3) is 0 Å². The number of aromatic nitrogens is 2. The molecule has 0 bridgehead atoms. The number of nitrogens with zero attached hydrogens (tertiary/aromatic N) is 5. The van der Waals surface area contributed by atoms with Crippen molar-refractivity contribution in [2.45, 2.75) is 26.1 Å². The van der Waals surface area contributed by atoms with Gasteiger partial charge in [-0.1, -0.05) is 0 Å². The molecule has 0 radical (unpaired) electrons. The first-order valence-electron chi connectivity index (χ1n) is 8.86. The molecule has 0 unspecified atom stereocenters. The number of methoxy groups -OCH3 is 1. The van der Waals surface area contributed by atoms with Crippen molar-refractivity contribution in [3.8, 4) is 0 Å². The van der Waals surface area contributed by atoms with E-state index >= 15 is 0 Å².